The first kappa shape index (κ1) is 14.8. The minimum Gasteiger partial charge on any atom is -0.394 e. The molecular formula is C13H18O5S. The van der Waals surface area contributed by atoms with E-state index < -0.39 is 36.5 Å². The lowest BCUT2D eigenvalue weighted by atomic mass is 10.0. The second kappa shape index (κ2) is 6.69. The van der Waals surface area contributed by atoms with Gasteiger partial charge in [-0.15, -0.1) is 11.8 Å². The molecule has 1 fully saturated rings. The Kier molecular flexibility index (Phi) is 5.20. The average Bonchev–Trinajstić information content (AvgIpc) is 2.45. The highest BCUT2D eigenvalue weighted by atomic mass is 32.2. The van der Waals surface area contributed by atoms with Crippen molar-refractivity contribution in [1.82, 2.24) is 0 Å². The molecule has 0 radical (unpaired) electrons. The first-order valence-corrected chi connectivity index (χ1v) is 7.14. The highest BCUT2D eigenvalue weighted by Crippen LogP contribution is 2.30. The maximum atomic E-state index is 9.86. The van der Waals surface area contributed by atoms with Crippen LogP contribution in [0.25, 0.3) is 0 Å². The summed E-state index contributed by atoms with van der Waals surface area (Å²) in [7, 11) is 0. The molecule has 1 aliphatic heterocycles. The van der Waals surface area contributed by atoms with E-state index in [1.54, 1.807) is 0 Å². The summed E-state index contributed by atoms with van der Waals surface area (Å²) in [6.45, 7) is -0.395. The molecule has 0 aliphatic carbocycles. The van der Waals surface area contributed by atoms with Crippen LogP contribution in [0.1, 0.15) is 5.56 Å². The van der Waals surface area contributed by atoms with Crippen LogP contribution in [-0.4, -0.2) is 56.9 Å². The molecule has 0 saturated carbocycles. The molecule has 1 aromatic rings. The number of hydrogen-bond donors (Lipinski definition) is 4. The number of thioether (sulfide) groups is 1. The van der Waals surface area contributed by atoms with Gasteiger partial charge in [0.05, 0.1) is 6.61 Å². The van der Waals surface area contributed by atoms with E-state index in [2.05, 4.69) is 0 Å². The van der Waals surface area contributed by atoms with Crippen molar-refractivity contribution in [3.05, 3.63) is 35.9 Å². The van der Waals surface area contributed by atoms with E-state index in [1.165, 1.54) is 11.8 Å². The molecule has 5 nitrogen and oxygen atoms in total. The van der Waals surface area contributed by atoms with Crippen LogP contribution in [0, 0.1) is 0 Å². The second-order valence-electron chi connectivity index (χ2n) is 4.49. The summed E-state index contributed by atoms with van der Waals surface area (Å²) in [5, 5.41) is 38.3. The van der Waals surface area contributed by atoms with Crippen LogP contribution in [0.5, 0.6) is 0 Å². The average molecular weight is 286 g/mol. The fourth-order valence-corrected chi connectivity index (χ4v) is 3.09. The molecule has 4 N–H and O–H groups in total. The van der Waals surface area contributed by atoms with Gasteiger partial charge in [-0.3, -0.25) is 0 Å². The van der Waals surface area contributed by atoms with Gasteiger partial charge < -0.3 is 25.2 Å². The van der Waals surface area contributed by atoms with Crippen LogP contribution in [0.4, 0.5) is 0 Å². The van der Waals surface area contributed by atoms with Crippen molar-refractivity contribution >= 4 is 11.8 Å². The zero-order valence-corrected chi connectivity index (χ0v) is 11.1. The van der Waals surface area contributed by atoms with E-state index in [1.807, 2.05) is 30.3 Å². The van der Waals surface area contributed by atoms with Crippen LogP contribution in [0.15, 0.2) is 30.3 Å². The van der Waals surface area contributed by atoms with E-state index in [4.69, 9.17) is 9.84 Å². The third-order valence-corrected chi connectivity index (χ3v) is 4.32. The quantitative estimate of drug-likeness (QED) is 0.609. The van der Waals surface area contributed by atoms with Crippen molar-refractivity contribution in [2.75, 3.05) is 6.61 Å². The van der Waals surface area contributed by atoms with E-state index >= 15 is 0 Å². The summed E-state index contributed by atoms with van der Waals surface area (Å²) >= 11 is 1.33. The molecule has 6 heteroatoms. The first-order chi connectivity index (χ1) is 9.13. The maximum absolute atomic E-state index is 9.86. The van der Waals surface area contributed by atoms with Gasteiger partial charge in [0.25, 0.3) is 0 Å². The van der Waals surface area contributed by atoms with Gasteiger partial charge in [0.1, 0.15) is 29.9 Å². The molecule has 0 aromatic heterocycles. The number of aliphatic hydroxyl groups is 4. The molecule has 1 aliphatic rings. The predicted molar refractivity (Wildman–Crippen MR) is 71.5 cm³/mol. The molecule has 1 aromatic carbocycles. The van der Waals surface area contributed by atoms with Crippen LogP contribution in [-0.2, 0) is 10.5 Å². The normalized spacial score (nSPS) is 35.3. The van der Waals surface area contributed by atoms with Crippen molar-refractivity contribution in [3.8, 4) is 0 Å². The monoisotopic (exact) mass is 286 g/mol. The van der Waals surface area contributed by atoms with Gasteiger partial charge in [0, 0.05) is 5.75 Å². The molecule has 1 saturated heterocycles. The third kappa shape index (κ3) is 3.47. The van der Waals surface area contributed by atoms with E-state index in [9.17, 15) is 15.3 Å². The topological polar surface area (TPSA) is 90.2 Å². The Morgan fingerprint density at radius 2 is 1.68 bits per heavy atom. The van der Waals surface area contributed by atoms with Gasteiger partial charge in [0.2, 0.25) is 0 Å². The Bertz CT molecular complexity index is 386. The van der Waals surface area contributed by atoms with E-state index in [0.29, 0.717) is 5.75 Å². The lowest BCUT2D eigenvalue weighted by Gasteiger charge is -2.39. The summed E-state index contributed by atoms with van der Waals surface area (Å²) < 4.78 is 5.41. The van der Waals surface area contributed by atoms with Gasteiger partial charge in [-0.25, -0.2) is 0 Å². The lowest BCUT2D eigenvalue weighted by Crippen LogP contribution is -2.57. The summed E-state index contributed by atoms with van der Waals surface area (Å²) in [6, 6.07) is 9.67. The molecule has 0 unspecified atom stereocenters. The van der Waals surface area contributed by atoms with Crippen LogP contribution in [0.3, 0.4) is 0 Å². The number of benzene rings is 1. The molecular weight excluding hydrogens is 268 g/mol. The Morgan fingerprint density at radius 3 is 2.32 bits per heavy atom. The number of aliphatic hydroxyl groups excluding tert-OH is 4. The third-order valence-electron chi connectivity index (χ3n) is 3.11. The minimum absolute atomic E-state index is 0.395. The molecule has 1 heterocycles. The Hall–Kier alpha value is -0.630. The molecule has 5 atom stereocenters. The zero-order valence-electron chi connectivity index (χ0n) is 10.3. The molecule has 106 valence electrons. The zero-order chi connectivity index (χ0) is 13.8. The van der Waals surface area contributed by atoms with E-state index in [0.717, 1.165) is 5.56 Å². The second-order valence-corrected chi connectivity index (χ2v) is 5.58. The highest BCUT2D eigenvalue weighted by molar-refractivity contribution is 7.99. The molecule has 19 heavy (non-hydrogen) atoms. The predicted octanol–water partition coefficient (Wildman–Crippen LogP) is -0.280. The van der Waals surface area contributed by atoms with Crippen molar-refractivity contribution < 1.29 is 25.2 Å². The molecule has 0 spiro atoms. The summed E-state index contributed by atoms with van der Waals surface area (Å²) in [5.74, 6) is 0.615. The number of rotatable bonds is 4. The Balaban J connectivity index is 1.95. The number of hydrogen-bond acceptors (Lipinski definition) is 6. The SMILES string of the molecule is OC[C@H]1O[C@@H](SCc2ccccc2)[C@H](O)[C@@H](O)[C@H]1O. The highest BCUT2D eigenvalue weighted by Gasteiger charge is 2.43. The molecule has 2 rings (SSSR count). The fraction of sp³-hybridized carbons (Fsp3) is 0.538. The summed E-state index contributed by atoms with van der Waals surface area (Å²) in [5.41, 5.74) is 0.403. The smallest absolute Gasteiger partial charge is 0.132 e. The molecule has 0 bridgehead atoms. The van der Waals surface area contributed by atoms with Crippen molar-refractivity contribution in [2.45, 2.75) is 35.6 Å². The van der Waals surface area contributed by atoms with Gasteiger partial charge in [-0.2, -0.15) is 0 Å². The van der Waals surface area contributed by atoms with Gasteiger partial charge in [-0.05, 0) is 5.56 Å². The molecule has 0 amide bonds. The minimum atomic E-state index is -1.31. The van der Waals surface area contributed by atoms with E-state index in [-0.39, 0.29) is 0 Å². The summed E-state index contributed by atoms with van der Waals surface area (Å²) in [4.78, 5) is 0. The largest absolute Gasteiger partial charge is 0.394 e. The van der Waals surface area contributed by atoms with Crippen LogP contribution in [0.2, 0.25) is 0 Å². The number of ether oxygens (including phenoxy) is 1. The van der Waals surface area contributed by atoms with Gasteiger partial charge >= 0.3 is 0 Å². The Morgan fingerprint density at radius 1 is 1.00 bits per heavy atom. The van der Waals surface area contributed by atoms with Gasteiger partial charge in [-0.1, -0.05) is 30.3 Å². The standard InChI is InChI=1S/C13H18O5S/c14-6-9-10(15)11(16)12(17)13(18-9)19-7-8-4-2-1-3-5-8/h1-5,9-17H,6-7H2/t9-,10+,11+,12-,13+/m1/s1. The Labute approximate surface area is 115 Å². The van der Waals surface area contributed by atoms with Crippen molar-refractivity contribution in [3.63, 3.8) is 0 Å². The maximum Gasteiger partial charge on any atom is 0.132 e. The van der Waals surface area contributed by atoms with Crippen molar-refractivity contribution in [2.24, 2.45) is 0 Å². The first-order valence-electron chi connectivity index (χ1n) is 6.09. The lowest BCUT2D eigenvalue weighted by molar-refractivity contribution is -0.205. The van der Waals surface area contributed by atoms with Crippen LogP contribution < -0.4 is 0 Å². The summed E-state index contributed by atoms with van der Waals surface area (Å²) in [6.07, 6.45) is -4.62. The van der Waals surface area contributed by atoms with Crippen molar-refractivity contribution in [1.29, 1.82) is 0 Å². The fourth-order valence-electron chi connectivity index (χ4n) is 1.96. The van der Waals surface area contributed by atoms with Crippen LogP contribution >= 0.6 is 11.8 Å². The van der Waals surface area contributed by atoms with Gasteiger partial charge in [0.15, 0.2) is 0 Å².